The monoisotopic (exact) mass is 374 g/mol. The van der Waals surface area contributed by atoms with Gasteiger partial charge in [-0.15, -0.1) is 11.8 Å². The van der Waals surface area contributed by atoms with Gasteiger partial charge in [0.05, 0.1) is 26.2 Å². The summed E-state index contributed by atoms with van der Waals surface area (Å²) in [5.41, 5.74) is 3.12. The van der Waals surface area contributed by atoms with E-state index < -0.39 is 6.16 Å². The number of carbonyl (C=O) groups is 2. The van der Waals surface area contributed by atoms with E-state index in [0.717, 1.165) is 4.90 Å². The average Bonchev–Trinajstić information content (AvgIpc) is 2.68. The van der Waals surface area contributed by atoms with Crippen LogP contribution < -0.4 is 14.9 Å². The van der Waals surface area contributed by atoms with E-state index in [0.29, 0.717) is 11.3 Å². The molecule has 1 amide bonds. The predicted molar refractivity (Wildman–Crippen MR) is 98.9 cm³/mol. The van der Waals surface area contributed by atoms with Crippen LogP contribution in [-0.2, 0) is 9.53 Å². The van der Waals surface area contributed by atoms with Crippen molar-refractivity contribution in [2.24, 2.45) is 5.10 Å². The summed E-state index contributed by atoms with van der Waals surface area (Å²) < 4.78 is 14.6. The highest BCUT2D eigenvalue weighted by Crippen LogP contribution is 2.27. The summed E-state index contributed by atoms with van der Waals surface area (Å²) in [5.74, 6) is 0.606. The molecule has 26 heavy (non-hydrogen) atoms. The molecule has 0 atom stereocenters. The van der Waals surface area contributed by atoms with Crippen molar-refractivity contribution >= 4 is 30.0 Å². The molecule has 0 saturated heterocycles. The van der Waals surface area contributed by atoms with E-state index in [1.165, 1.54) is 32.2 Å². The van der Waals surface area contributed by atoms with Crippen LogP contribution in [0.1, 0.15) is 5.56 Å². The lowest BCUT2D eigenvalue weighted by molar-refractivity contribution is -0.118. The van der Waals surface area contributed by atoms with E-state index in [-0.39, 0.29) is 17.4 Å². The van der Waals surface area contributed by atoms with Gasteiger partial charge in [-0.25, -0.2) is 10.2 Å². The molecule has 0 unspecified atom stereocenters. The van der Waals surface area contributed by atoms with Crippen LogP contribution in [0.3, 0.4) is 0 Å². The third-order valence-electron chi connectivity index (χ3n) is 3.06. The molecule has 0 aliphatic heterocycles. The van der Waals surface area contributed by atoms with Gasteiger partial charge in [-0.3, -0.25) is 4.79 Å². The fraction of sp³-hybridized carbons (Fsp3) is 0.167. The van der Waals surface area contributed by atoms with Crippen molar-refractivity contribution in [2.45, 2.75) is 4.90 Å². The summed E-state index contributed by atoms with van der Waals surface area (Å²) in [6, 6.07) is 14.5. The minimum Gasteiger partial charge on any atom is -0.493 e. The maximum absolute atomic E-state index is 11.8. The second kappa shape index (κ2) is 10.1. The molecule has 0 heterocycles. The van der Waals surface area contributed by atoms with Gasteiger partial charge < -0.3 is 14.2 Å². The second-order valence-electron chi connectivity index (χ2n) is 4.86. The molecule has 136 valence electrons. The topological polar surface area (TPSA) is 86.2 Å². The number of rotatable bonds is 7. The number of carbonyl (C=O) groups excluding carboxylic acids is 2. The first kappa shape index (κ1) is 19.3. The van der Waals surface area contributed by atoms with Crippen LogP contribution in [0.4, 0.5) is 4.79 Å². The molecule has 0 saturated carbocycles. The Kier molecular flexibility index (Phi) is 7.50. The van der Waals surface area contributed by atoms with Gasteiger partial charge in [0, 0.05) is 4.90 Å². The number of hydrogen-bond acceptors (Lipinski definition) is 7. The van der Waals surface area contributed by atoms with Crippen LogP contribution in [0.5, 0.6) is 11.5 Å². The van der Waals surface area contributed by atoms with Crippen LogP contribution in [0.2, 0.25) is 0 Å². The second-order valence-corrected chi connectivity index (χ2v) is 5.91. The highest BCUT2D eigenvalue weighted by atomic mass is 32.2. The molecule has 8 heteroatoms. The van der Waals surface area contributed by atoms with Gasteiger partial charge in [-0.1, -0.05) is 18.2 Å². The maximum Gasteiger partial charge on any atom is 0.513 e. The fourth-order valence-electron chi connectivity index (χ4n) is 1.86. The van der Waals surface area contributed by atoms with Crippen molar-refractivity contribution in [1.82, 2.24) is 5.43 Å². The van der Waals surface area contributed by atoms with E-state index >= 15 is 0 Å². The number of nitrogens with zero attached hydrogens (tertiary/aromatic N) is 1. The van der Waals surface area contributed by atoms with Crippen LogP contribution in [0, 0.1) is 0 Å². The standard InChI is InChI=1S/C18H18N2O5S/c1-23-16-10-13(8-9-15(16)25-18(22)24-2)11-19-20-17(21)12-26-14-6-4-3-5-7-14/h3-11H,12H2,1-2H3,(H,20,21)/b19-11-. The van der Waals surface area contributed by atoms with Crippen molar-refractivity contribution in [1.29, 1.82) is 0 Å². The highest BCUT2D eigenvalue weighted by molar-refractivity contribution is 8.00. The molecular formula is C18H18N2O5S. The largest absolute Gasteiger partial charge is 0.513 e. The minimum absolute atomic E-state index is 0.215. The van der Waals surface area contributed by atoms with Gasteiger partial charge in [0.2, 0.25) is 5.91 Å². The lowest BCUT2D eigenvalue weighted by Crippen LogP contribution is -2.19. The zero-order valence-corrected chi connectivity index (χ0v) is 15.1. The van der Waals surface area contributed by atoms with Gasteiger partial charge in [-0.2, -0.15) is 5.10 Å². The van der Waals surface area contributed by atoms with Gasteiger partial charge >= 0.3 is 6.16 Å². The van der Waals surface area contributed by atoms with Crippen LogP contribution in [-0.4, -0.2) is 38.2 Å². The minimum atomic E-state index is -0.840. The van der Waals surface area contributed by atoms with Gasteiger partial charge in [0.1, 0.15) is 0 Å². The van der Waals surface area contributed by atoms with E-state index in [1.807, 2.05) is 30.3 Å². The molecule has 0 aliphatic carbocycles. The van der Waals surface area contributed by atoms with Crippen molar-refractivity contribution in [3.8, 4) is 11.5 Å². The molecule has 2 aromatic rings. The summed E-state index contributed by atoms with van der Waals surface area (Å²) in [5, 5.41) is 3.91. The Bertz CT molecular complexity index is 780. The van der Waals surface area contributed by atoms with Crippen molar-refractivity contribution < 1.29 is 23.8 Å². The Labute approximate surface area is 155 Å². The number of hydrazone groups is 1. The molecule has 1 N–H and O–H groups in total. The molecule has 0 bridgehead atoms. The van der Waals surface area contributed by atoms with Crippen molar-refractivity contribution in [3.05, 3.63) is 54.1 Å². The normalized spacial score (nSPS) is 10.4. The molecule has 0 aromatic heterocycles. The lowest BCUT2D eigenvalue weighted by atomic mass is 10.2. The Hall–Kier alpha value is -3.00. The maximum atomic E-state index is 11.8. The fourth-order valence-corrected chi connectivity index (χ4v) is 2.57. The van der Waals surface area contributed by atoms with Gasteiger partial charge in [-0.05, 0) is 35.9 Å². The molecule has 0 radical (unpaired) electrons. The van der Waals surface area contributed by atoms with E-state index in [1.54, 1.807) is 18.2 Å². The molecule has 0 spiro atoms. The molecular weight excluding hydrogens is 356 g/mol. The number of nitrogens with one attached hydrogen (secondary N) is 1. The van der Waals surface area contributed by atoms with Gasteiger partial charge in [0.15, 0.2) is 11.5 Å². The first-order valence-corrected chi connectivity index (χ1v) is 8.54. The summed E-state index contributed by atoms with van der Waals surface area (Å²) in [6.45, 7) is 0. The summed E-state index contributed by atoms with van der Waals surface area (Å²) in [4.78, 5) is 24.0. The number of thioether (sulfide) groups is 1. The Balaban J connectivity index is 1.89. The third kappa shape index (κ3) is 6.14. The van der Waals surface area contributed by atoms with E-state index in [2.05, 4.69) is 15.3 Å². The lowest BCUT2D eigenvalue weighted by Gasteiger charge is -2.08. The number of amides is 1. The zero-order chi connectivity index (χ0) is 18.8. The SMILES string of the molecule is COC(=O)Oc1ccc(/C=N\NC(=O)CSc2ccccc2)cc1OC. The summed E-state index contributed by atoms with van der Waals surface area (Å²) in [6.07, 6.45) is 0.628. The van der Waals surface area contributed by atoms with E-state index in [4.69, 9.17) is 9.47 Å². The summed E-state index contributed by atoms with van der Waals surface area (Å²) >= 11 is 1.42. The Morgan fingerprint density at radius 3 is 2.58 bits per heavy atom. The third-order valence-corrected chi connectivity index (χ3v) is 4.08. The zero-order valence-electron chi connectivity index (χ0n) is 14.3. The average molecular weight is 374 g/mol. The van der Waals surface area contributed by atoms with Crippen molar-refractivity contribution in [2.75, 3.05) is 20.0 Å². The number of hydrogen-bond donors (Lipinski definition) is 1. The molecule has 0 aliphatic rings. The highest BCUT2D eigenvalue weighted by Gasteiger charge is 2.10. The van der Waals surface area contributed by atoms with Crippen LogP contribution >= 0.6 is 11.8 Å². The number of ether oxygens (including phenoxy) is 3. The first-order chi connectivity index (χ1) is 12.6. The van der Waals surface area contributed by atoms with Crippen LogP contribution in [0.15, 0.2) is 58.5 Å². The van der Waals surface area contributed by atoms with Crippen LogP contribution in [0.25, 0.3) is 0 Å². The quantitative estimate of drug-likeness (QED) is 0.264. The van der Waals surface area contributed by atoms with Crippen molar-refractivity contribution in [3.63, 3.8) is 0 Å². The molecule has 0 fully saturated rings. The molecule has 2 rings (SSSR count). The molecule has 7 nitrogen and oxygen atoms in total. The smallest absolute Gasteiger partial charge is 0.493 e. The van der Waals surface area contributed by atoms with Gasteiger partial charge in [0.25, 0.3) is 0 Å². The number of methoxy groups -OCH3 is 2. The number of benzene rings is 2. The Morgan fingerprint density at radius 2 is 1.88 bits per heavy atom. The molecule has 2 aromatic carbocycles. The summed E-state index contributed by atoms with van der Waals surface area (Å²) in [7, 11) is 2.66. The predicted octanol–water partition coefficient (Wildman–Crippen LogP) is 3.08. The van der Waals surface area contributed by atoms with E-state index in [9.17, 15) is 9.59 Å². The Morgan fingerprint density at radius 1 is 1.12 bits per heavy atom. The first-order valence-electron chi connectivity index (χ1n) is 7.56.